The molecule has 1 N–H and O–H groups in total. The van der Waals surface area contributed by atoms with Crippen LogP contribution in [0.1, 0.15) is 29.7 Å². The molecule has 0 saturated carbocycles. The lowest BCUT2D eigenvalue weighted by molar-refractivity contribution is 0.809. The molecule has 0 bridgehead atoms. The van der Waals surface area contributed by atoms with Gasteiger partial charge >= 0.3 is 0 Å². The van der Waals surface area contributed by atoms with Crippen LogP contribution in [0, 0.1) is 6.92 Å². The minimum atomic E-state index is -0.0206. The summed E-state index contributed by atoms with van der Waals surface area (Å²) >= 11 is 0. The summed E-state index contributed by atoms with van der Waals surface area (Å²) in [4.78, 5) is 11.6. The molecule has 0 aliphatic carbocycles. The van der Waals surface area contributed by atoms with Crippen LogP contribution in [0.15, 0.2) is 41.3 Å². The predicted molar refractivity (Wildman–Crippen MR) is 63.6 cm³/mol. The van der Waals surface area contributed by atoms with Crippen LogP contribution in [0.4, 0.5) is 0 Å². The maximum absolute atomic E-state index is 11.6. The van der Waals surface area contributed by atoms with Gasteiger partial charge in [0.1, 0.15) is 5.69 Å². The lowest BCUT2D eigenvalue weighted by Crippen LogP contribution is -2.14. The maximum Gasteiger partial charge on any atom is 0.203 e. The maximum atomic E-state index is 11.6. The van der Waals surface area contributed by atoms with E-state index in [1.165, 1.54) is 11.6 Å². The van der Waals surface area contributed by atoms with E-state index in [0.717, 1.165) is 5.56 Å². The van der Waals surface area contributed by atoms with Crippen molar-refractivity contribution in [3.05, 3.63) is 63.6 Å². The highest BCUT2D eigenvalue weighted by Crippen LogP contribution is 2.20. The molecule has 0 amide bonds. The van der Waals surface area contributed by atoms with Gasteiger partial charge < -0.3 is 0 Å². The van der Waals surface area contributed by atoms with Crippen LogP contribution < -0.4 is 5.43 Å². The highest BCUT2D eigenvalue weighted by Gasteiger charge is 2.12. The van der Waals surface area contributed by atoms with Crippen molar-refractivity contribution < 1.29 is 0 Å². The molecular formula is C13H14N2O. The number of hydrogen-bond donors (Lipinski definition) is 1. The number of nitrogens with zero attached hydrogens (tertiary/aromatic N) is 1. The summed E-state index contributed by atoms with van der Waals surface area (Å²) < 4.78 is 0. The van der Waals surface area contributed by atoms with E-state index in [9.17, 15) is 4.79 Å². The van der Waals surface area contributed by atoms with Crippen LogP contribution in [0.3, 0.4) is 0 Å². The second-order valence-electron chi connectivity index (χ2n) is 3.96. The van der Waals surface area contributed by atoms with E-state index >= 15 is 0 Å². The van der Waals surface area contributed by atoms with Gasteiger partial charge in [-0.05, 0) is 12.5 Å². The fraction of sp³-hybridized carbons (Fsp3) is 0.231. The summed E-state index contributed by atoms with van der Waals surface area (Å²) in [6.45, 7) is 4.03. The molecule has 0 spiro atoms. The van der Waals surface area contributed by atoms with Gasteiger partial charge in [0, 0.05) is 18.2 Å². The molecule has 1 unspecified atom stereocenters. The molecule has 1 aromatic carbocycles. The zero-order valence-electron chi connectivity index (χ0n) is 9.40. The minimum Gasteiger partial charge on any atom is -0.288 e. The molecule has 0 aliphatic rings. The van der Waals surface area contributed by atoms with Crippen molar-refractivity contribution in [3.8, 4) is 0 Å². The monoisotopic (exact) mass is 214 g/mol. The molecule has 3 nitrogen and oxygen atoms in total. The minimum absolute atomic E-state index is 0.0184. The molecule has 0 fully saturated rings. The Balaban J connectivity index is 2.43. The number of nitrogens with one attached hydrogen (secondary N) is 1. The van der Waals surface area contributed by atoms with Crippen molar-refractivity contribution in [2.75, 3.05) is 0 Å². The summed E-state index contributed by atoms with van der Waals surface area (Å²) in [6, 6.07) is 9.65. The molecule has 1 aromatic heterocycles. The van der Waals surface area contributed by atoms with Crippen molar-refractivity contribution in [3.63, 3.8) is 0 Å². The van der Waals surface area contributed by atoms with Gasteiger partial charge in [-0.25, -0.2) is 0 Å². The number of hydrogen-bond acceptors (Lipinski definition) is 2. The van der Waals surface area contributed by atoms with Crippen molar-refractivity contribution in [1.29, 1.82) is 0 Å². The largest absolute Gasteiger partial charge is 0.288 e. The smallest absolute Gasteiger partial charge is 0.203 e. The fourth-order valence-electron chi connectivity index (χ4n) is 1.77. The highest BCUT2D eigenvalue weighted by molar-refractivity contribution is 5.30. The van der Waals surface area contributed by atoms with Crippen LogP contribution in [-0.2, 0) is 0 Å². The normalized spacial score (nSPS) is 12.4. The molecule has 3 heteroatoms. The van der Waals surface area contributed by atoms with Crippen LogP contribution in [0.2, 0.25) is 0 Å². The Bertz CT molecular complexity index is 545. The number of benzene rings is 1. The molecule has 1 atom stereocenters. The topological polar surface area (TPSA) is 45.8 Å². The summed E-state index contributed by atoms with van der Waals surface area (Å²) in [5, 5.41) is 6.76. The first-order chi connectivity index (χ1) is 7.68. The van der Waals surface area contributed by atoms with E-state index in [0.29, 0.717) is 5.69 Å². The van der Waals surface area contributed by atoms with Crippen molar-refractivity contribution in [1.82, 2.24) is 10.2 Å². The van der Waals surface area contributed by atoms with Gasteiger partial charge in [-0.15, -0.1) is 0 Å². The number of aromatic nitrogens is 2. The van der Waals surface area contributed by atoms with Crippen LogP contribution >= 0.6 is 0 Å². The number of H-pyrrole nitrogens is 1. The zero-order chi connectivity index (χ0) is 11.5. The van der Waals surface area contributed by atoms with E-state index < -0.39 is 0 Å². The fourth-order valence-corrected chi connectivity index (χ4v) is 1.77. The highest BCUT2D eigenvalue weighted by atomic mass is 16.1. The van der Waals surface area contributed by atoms with E-state index in [1.807, 2.05) is 32.0 Å². The number of aromatic amines is 1. The molecule has 0 saturated heterocycles. The first-order valence-corrected chi connectivity index (χ1v) is 5.29. The summed E-state index contributed by atoms with van der Waals surface area (Å²) in [5.74, 6) is 0.0184. The number of aryl methyl sites for hydroxylation is 1. The molecule has 16 heavy (non-hydrogen) atoms. The van der Waals surface area contributed by atoms with Crippen molar-refractivity contribution in [2.45, 2.75) is 19.8 Å². The Kier molecular flexibility index (Phi) is 2.86. The van der Waals surface area contributed by atoms with Crippen LogP contribution in [0.25, 0.3) is 0 Å². The van der Waals surface area contributed by atoms with Crippen molar-refractivity contribution in [2.24, 2.45) is 0 Å². The Hall–Kier alpha value is -1.90. The average molecular weight is 214 g/mol. The zero-order valence-corrected chi connectivity index (χ0v) is 9.40. The number of rotatable bonds is 2. The standard InChI is InChI=1S/C13H14N2O/c1-9-4-3-5-11(8-9)10(2)13-12(16)6-7-14-15-13/h3-8,10H,1-2H3,(H,14,16). The van der Waals surface area contributed by atoms with Gasteiger partial charge in [0.25, 0.3) is 0 Å². The van der Waals surface area contributed by atoms with Gasteiger partial charge in [-0.1, -0.05) is 36.8 Å². The second kappa shape index (κ2) is 4.31. The Morgan fingerprint density at radius 2 is 2.12 bits per heavy atom. The third-order valence-corrected chi connectivity index (χ3v) is 2.70. The first kappa shape index (κ1) is 10.6. The summed E-state index contributed by atoms with van der Waals surface area (Å²) in [5.41, 5.74) is 2.85. The molecule has 2 aromatic rings. The molecule has 2 rings (SSSR count). The van der Waals surface area contributed by atoms with Gasteiger partial charge in [-0.2, -0.15) is 5.10 Å². The lowest BCUT2D eigenvalue weighted by atomic mass is 9.96. The molecule has 0 aliphatic heterocycles. The van der Waals surface area contributed by atoms with E-state index in [-0.39, 0.29) is 11.3 Å². The average Bonchev–Trinajstić information content (AvgIpc) is 2.29. The van der Waals surface area contributed by atoms with Gasteiger partial charge in [-0.3, -0.25) is 9.89 Å². The van der Waals surface area contributed by atoms with E-state index in [2.05, 4.69) is 16.3 Å². The SMILES string of the molecule is Cc1cccc(C(C)c2n[nH]ccc2=O)c1. The van der Waals surface area contributed by atoms with Crippen LogP contribution in [0.5, 0.6) is 0 Å². The molecular weight excluding hydrogens is 200 g/mol. The first-order valence-electron chi connectivity index (χ1n) is 5.29. The molecule has 1 heterocycles. The van der Waals surface area contributed by atoms with E-state index in [4.69, 9.17) is 0 Å². The molecule has 82 valence electrons. The molecule has 0 radical (unpaired) electrons. The van der Waals surface area contributed by atoms with Crippen molar-refractivity contribution >= 4 is 0 Å². The van der Waals surface area contributed by atoms with Gasteiger partial charge in [0.05, 0.1) is 0 Å². The Morgan fingerprint density at radius 1 is 1.31 bits per heavy atom. The Labute approximate surface area is 94.2 Å². The second-order valence-corrected chi connectivity index (χ2v) is 3.96. The predicted octanol–water partition coefficient (Wildman–Crippen LogP) is 2.23. The van der Waals surface area contributed by atoms with Gasteiger partial charge in [0.15, 0.2) is 0 Å². The van der Waals surface area contributed by atoms with Gasteiger partial charge in [0.2, 0.25) is 5.43 Å². The summed E-state index contributed by atoms with van der Waals surface area (Å²) in [7, 11) is 0. The third-order valence-electron chi connectivity index (χ3n) is 2.70. The Morgan fingerprint density at radius 3 is 2.81 bits per heavy atom. The van der Waals surface area contributed by atoms with E-state index in [1.54, 1.807) is 6.20 Å². The third kappa shape index (κ3) is 2.03. The summed E-state index contributed by atoms with van der Waals surface area (Å²) in [6.07, 6.45) is 1.55. The van der Waals surface area contributed by atoms with Crippen LogP contribution in [-0.4, -0.2) is 10.2 Å². The quantitative estimate of drug-likeness (QED) is 0.833. The lowest BCUT2D eigenvalue weighted by Gasteiger charge is -2.10.